The van der Waals surface area contributed by atoms with Crippen molar-refractivity contribution in [1.29, 1.82) is 0 Å². The number of benzene rings is 2. The van der Waals surface area contributed by atoms with E-state index in [4.69, 9.17) is 4.74 Å². The Bertz CT molecular complexity index is 669. The summed E-state index contributed by atoms with van der Waals surface area (Å²) in [6.07, 6.45) is -0.114. The molecule has 0 unspecified atom stereocenters. The van der Waals surface area contributed by atoms with Crippen LogP contribution < -0.4 is 4.74 Å². The lowest BCUT2D eigenvalue weighted by molar-refractivity contribution is 0.0894. The van der Waals surface area contributed by atoms with Crippen molar-refractivity contribution in [2.75, 3.05) is 7.11 Å². The SMILES string of the molecule is COc1ccc(C(=O)CC(=O)c2cc(C)ccc2C)cc1. The summed E-state index contributed by atoms with van der Waals surface area (Å²) in [6, 6.07) is 12.5. The van der Waals surface area contributed by atoms with Gasteiger partial charge in [-0.15, -0.1) is 0 Å². The third-order valence-electron chi connectivity index (χ3n) is 3.43. The molecule has 0 spiro atoms. The van der Waals surface area contributed by atoms with Crippen LogP contribution >= 0.6 is 0 Å². The van der Waals surface area contributed by atoms with E-state index in [1.165, 1.54) is 0 Å². The number of hydrogen-bond donors (Lipinski definition) is 0. The molecule has 0 saturated carbocycles. The number of ether oxygens (including phenoxy) is 1. The Morgan fingerprint density at radius 3 is 2.24 bits per heavy atom. The van der Waals surface area contributed by atoms with Gasteiger partial charge < -0.3 is 4.74 Å². The van der Waals surface area contributed by atoms with E-state index in [1.54, 1.807) is 31.4 Å². The number of Topliss-reactive ketones (excluding diaryl/α,β-unsaturated/α-hetero) is 2. The van der Waals surface area contributed by atoms with Gasteiger partial charge in [-0.25, -0.2) is 0 Å². The monoisotopic (exact) mass is 282 g/mol. The first-order valence-electron chi connectivity index (χ1n) is 6.79. The van der Waals surface area contributed by atoms with E-state index < -0.39 is 0 Å². The molecule has 0 atom stereocenters. The maximum atomic E-state index is 12.3. The van der Waals surface area contributed by atoms with Crippen LogP contribution in [-0.4, -0.2) is 18.7 Å². The van der Waals surface area contributed by atoms with Crippen molar-refractivity contribution in [1.82, 2.24) is 0 Å². The number of carbonyl (C=O) groups is 2. The highest BCUT2D eigenvalue weighted by atomic mass is 16.5. The maximum Gasteiger partial charge on any atom is 0.170 e. The van der Waals surface area contributed by atoms with Gasteiger partial charge in [0.05, 0.1) is 13.5 Å². The van der Waals surface area contributed by atoms with E-state index in [0.717, 1.165) is 11.1 Å². The molecule has 0 heterocycles. The molecule has 0 radical (unpaired) electrons. The Morgan fingerprint density at radius 2 is 1.62 bits per heavy atom. The zero-order valence-electron chi connectivity index (χ0n) is 12.5. The minimum atomic E-state index is -0.177. The molecule has 0 aliphatic rings. The average molecular weight is 282 g/mol. The predicted molar refractivity (Wildman–Crippen MR) is 82.2 cm³/mol. The first-order chi connectivity index (χ1) is 10.0. The topological polar surface area (TPSA) is 43.4 Å². The van der Waals surface area contributed by atoms with Crippen LogP contribution in [0, 0.1) is 13.8 Å². The van der Waals surface area contributed by atoms with Crippen LogP contribution in [0.5, 0.6) is 5.75 Å². The van der Waals surface area contributed by atoms with Gasteiger partial charge in [-0.2, -0.15) is 0 Å². The van der Waals surface area contributed by atoms with Gasteiger partial charge >= 0.3 is 0 Å². The normalized spacial score (nSPS) is 10.2. The first-order valence-corrected chi connectivity index (χ1v) is 6.79. The minimum absolute atomic E-state index is 0.114. The van der Waals surface area contributed by atoms with Crippen molar-refractivity contribution in [2.45, 2.75) is 20.3 Å². The van der Waals surface area contributed by atoms with Crippen LogP contribution in [0.15, 0.2) is 42.5 Å². The Kier molecular flexibility index (Phi) is 4.53. The zero-order chi connectivity index (χ0) is 15.4. The van der Waals surface area contributed by atoms with Gasteiger partial charge in [0.2, 0.25) is 0 Å². The Hall–Kier alpha value is -2.42. The molecule has 0 amide bonds. The van der Waals surface area contributed by atoms with E-state index in [-0.39, 0.29) is 18.0 Å². The summed E-state index contributed by atoms with van der Waals surface area (Å²) in [6.45, 7) is 3.81. The highest BCUT2D eigenvalue weighted by molar-refractivity contribution is 6.14. The van der Waals surface area contributed by atoms with Crippen molar-refractivity contribution in [3.63, 3.8) is 0 Å². The molecule has 0 aromatic heterocycles. The third kappa shape index (κ3) is 3.57. The molecule has 0 saturated heterocycles. The highest BCUT2D eigenvalue weighted by Crippen LogP contribution is 2.16. The van der Waals surface area contributed by atoms with Crippen LogP contribution in [0.4, 0.5) is 0 Å². The molecule has 3 nitrogen and oxygen atoms in total. The molecule has 0 aliphatic carbocycles. The Balaban J connectivity index is 2.14. The lowest BCUT2D eigenvalue weighted by Crippen LogP contribution is -2.10. The van der Waals surface area contributed by atoms with Gasteiger partial charge in [0.1, 0.15) is 5.75 Å². The molecule has 3 heteroatoms. The van der Waals surface area contributed by atoms with Gasteiger partial charge in [0.25, 0.3) is 0 Å². The number of methoxy groups -OCH3 is 1. The molecule has 2 aromatic carbocycles. The van der Waals surface area contributed by atoms with Crippen LogP contribution in [0.2, 0.25) is 0 Å². The second kappa shape index (κ2) is 6.35. The summed E-state index contributed by atoms with van der Waals surface area (Å²) >= 11 is 0. The van der Waals surface area contributed by atoms with E-state index in [0.29, 0.717) is 16.9 Å². The van der Waals surface area contributed by atoms with E-state index in [2.05, 4.69) is 0 Å². The van der Waals surface area contributed by atoms with E-state index in [9.17, 15) is 9.59 Å². The predicted octanol–water partition coefficient (Wildman–Crippen LogP) is 3.77. The number of ketones is 2. The standard InChI is InChI=1S/C18H18O3/c1-12-4-5-13(2)16(10-12)18(20)11-17(19)14-6-8-15(21-3)9-7-14/h4-10H,11H2,1-3H3. The summed E-state index contributed by atoms with van der Waals surface area (Å²) in [4.78, 5) is 24.4. The smallest absolute Gasteiger partial charge is 0.170 e. The highest BCUT2D eigenvalue weighted by Gasteiger charge is 2.15. The van der Waals surface area contributed by atoms with Crippen molar-refractivity contribution in [3.05, 3.63) is 64.7 Å². The van der Waals surface area contributed by atoms with Crippen LogP contribution in [-0.2, 0) is 0 Å². The van der Waals surface area contributed by atoms with E-state index in [1.807, 2.05) is 32.0 Å². The number of hydrogen-bond acceptors (Lipinski definition) is 3. The number of rotatable bonds is 5. The van der Waals surface area contributed by atoms with Gasteiger partial charge in [0.15, 0.2) is 11.6 Å². The summed E-state index contributed by atoms with van der Waals surface area (Å²) < 4.78 is 5.05. The lowest BCUT2D eigenvalue weighted by atomic mass is 9.97. The molecule has 108 valence electrons. The number of aryl methyl sites for hydroxylation is 2. The van der Waals surface area contributed by atoms with Crippen LogP contribution in [0.25, 0.3) is 0 Å². The third-order valence-corrected chi connectivity index (χ3v) is 3.43. The van der Waals surface area contributed by atoms with Gasteiger partial charge in [-0.3, -0.25) is 9.59 Å². The second-order valence-corrected chi connectivity index (χ2v) is 5.07. The number of carbonyl (C=O) groups excluding carboxylic acids is 2. The maximum absolute atomic E-state index is 12.3. The van der Waals surface area contributed by atoms with Crippen LogP contribution in [0.1, 0.15) is 38.3 Å². The summed E-state index contributed by atoms with van der Waals surface area (Å²) in [7, 11) is 1.57. The van der Waals surface area contributed by atoms with Crippen molar-refractivity contribution >= 4 is 11.6 Å². The fourth-order valence-corrected chi connectivity index (χ4v) is 2.16. The van der Waals surface area contributed by atoms with Crippen molar-refractivity contribution in [2.24, 2.45) is 0 Å². The summed E-state index contributed by atoms with van der Waals surface area (Å²) in [5, 5.41) is 0. The quantitative estimate of drug-likeness (QED) is 0.619. The Labute approximate surface area is 124 Å². The summed E-state index contributed by atoms with van der Waals surface area (Å²) in [5.41, 5.74) is 3.06. The second-order valence-electron chi connectivity index (χ2n) is 5.07. The van der Waals surface area contributed by atoms with Gasteiger partial charge in [-0.1, -0.05) is 17.7 Å². The Morgan fingerprint density at radius 1 is 0.952 bits per heavy atom. The fourth-order valence-electron chi connectivity index (χ4n) is 2.16. The van der Waals surface area contributed by atoms with Crippen LogP contribution in [0.3, 0.4) is 0 Å². The van der Waals surface area contributed by atoms with Gasteiger partial charge in [0, 0.05) is 11.1 Å². The fraction of sp³-hybridized carbons (Fsp3) is 0.222. The molecular formula is C18H18O3. The average Bonchev–Trinajstić information content (AvgIpc) is 2.49. The molecule has 0 bridgehead atoms. The molecule has 2 aromatic rings. The molecule has 0 fully saturated rings. The molecule has 2 rings (SSSR count). The summed E-state index contributed by atoms with van der Waals surface area (Å²) in [5.74, 6) is 0.369. The van der Waals surface area contributed by atoms with Gasteiger partial charge in [-0.05, 0) is 49.7 Å². The first kappa shape index (κ1) is 15.0. The van der Waals surface area contributed by atoms with Crippen molar-refractivity contribution < 1.29 is 14.3 Å². The minimum Gasteiger partial charge on any atom is -0.497 e. The van der Waals surface area contributed by atoms with Crippen molar-refractivity contribution in [3.8, 4) is 5.75 Å². The molecule has 21 heavy (non-hydrogen) atoms. The van der Waals surface area contributed by atoms with E-state index >= 15 is 0 Å². The lowest BCUT2D eigenvalue weighted by Gasteiger charge is -2.06. The zero-order valence-corrected chi connectivity index (χ0v) is 12.5. The molecule has 0 aliphatic heterocycles. The molecular weight excluding hydrogens is 264 g/mol. The molecule has 0 N–H and O–H groups in total. The largest absolute Gasteiger partial charge is 0.497 e.